The van der Waals surface area contributed by atoms with Crippen molar-refractivity contribution in [1.29, 1.82) is 0 Å². The molecular weight excluding hydrogens is 257 g/mol. The van der Waals surface area contributed by atoms with Crippen LogP contribution in [0, 0.1) is 5.82 Å². The number of benzene rings is 1. The fraction of sp³-hybridized carbons (Fsp3) is 0.462. The molecule has 0 radical (unpaired) electrons. The van der Waals surface area contributed by atoms with Crippen molar-refractivity contribution in [3.63, 3.8) is 0 Å². The maximum Gasteiger partial charge on any atom is 0.260 e. The predicted octanol–water partition coefficient (Wildman–Crippen LogP) is 2.87. The summed E-state index contributed by atoms with van der Waals surface area (Å²) in [4.78, 5) is 13.6. The summed E-state index contributed by atoms with van der Waals surface area (Å²) in [5.41, 5.74) is 0. The second kappa shape index (κ2) is 6.05. The predicted molar refractivity (Wildman–Crippen MR) is 67.3 cm³/mol. The van der Waals surface area contributed by atoms with E-state index in [0.717, 1.165) is 25.9 Å². The lowest BCUT2D eigenvalue weighted by Gasteiger charge is -2.26. The zero-order chi connectivity index (χ0) is 13.0. The molecule has 1 fully saturated rings. The SMILES string of the molecule is O=C(COc1ccc(F)c(Cl)c1)N1CCCCC1. The molecule has 0 N–H and O–H groups in total. The molecule has 1 heterocycles. The van der Waals surface area contributed by atoms with Gasteiger partial charge in [0, 0.05) is 19.2 Å². The monoisotopic (exact) mass is 271 g/mol. The molecule has 0 unspecified atom stereocenters. The largest absolute Gasteiger partial charge is 0.484 e. The van der Waals surface area contributed by atoms with Gasteiger partial charge in [-0.2, -0.15) is 0 Å². The highest BCUT2D eigenvalue weighted by Gasteiger charge is 2.16. The molecule has 18 heavy (non-hydrogen) atoms. The first-order valence-electron chi connectivity index (χ1n) is 6.02. The van der Waals surface area contributed by atoms with Gasteiger partial charge in [0.05, 0.1) is 5.02 Å². The Balaban J connectivity index is 1.86. The van der Waals surface area contributed by atoms with Gasteiger partial charge in [-0.25, -0.2) is 4.39 Å². The molecule has 1 aliphatic heterocycles. The van der Waals surface area contributed by atoms with Crippen LogP contribution in [-0.2, 0) is 4.79 Å². The van der Waals surface area contributed by atoms with E-state index >= 15 is 0 Å². The summed E-state index contributed by atoms with van der Waals surface area (Å²) < 4.78 is 18.2. The Morgan fingerprint density at radius 2 is 2.06 bits per heavy atom. The Bertz CT molecular complexity index is 433. The highest BCUT2D eigenvalue weighted by atomic mass is 35.5. The number of hydrogen-bond acceptors (Lipinski definition) is 2. The van der Waals surface area contributed by atoms with Gasteiger partial charge in [-0.3, -0.25) is 4.79 Å². The zero-order valence-corrected chi connectivity index (χ0v) is 10.8. The molecule has 0 bridgehead atoms. The van der Waals surface area contributed by atoms with E-state index in [0.29, 0.717) is 5.75 Å². The molecule has 0 saturated carbocycles. The lowest BCUT2D eigenvalue weighted by atomic mass is 10.1. The third kappa shape index (κ3) is 3.35. The third-order valence-electron chi connectivity index (χ3n) is 2.96. The number of halogens is 2. The van der Waals surface area contributed by atoms with E-state index < -0.39 is 5.82 Å². The molecule has 1 aromatic carbocycles. The van der Waals surface area contributed by atoms with Crippen LogP contribution in [0.1, 0.15) is 19.3 Å². The fourth-order valence-corrected chi connectivity index (χ4v) is 2.12. The average molecular weight is 272 g/mol. The molecule has 0 atom stereocenters. The number of amides is 1. The molecule has 3 nitrogen and oxygen atoms in total. The van der Waals surface area contributed by atoms with Crippen molar-refractivity contribution in [3.8, 4) is 5.75 Å². The summed E-state index contributed by atoms with van der Waals surface area (Å²) in [6.07, 6.45) is 3.28. The molecule has 2 rings (SSSR count). The Labute approximate surface area is 110 Å². The van der Waals surface area contributed by atoms with Crippen LogP contribution in [0.4, 0.5) is 4.39 Å². The van der Waals surface area contributed by atoms with Gasteiger partial charge in [-0.15, -0.1) is 0 Å². The van der Waals surface area contributed by atoms with Gasteiger partial charge in [-0.05, 0) is 31.4 Å². The smallest absolute Gasteiger partial charge is 0.260 e. The number of piperidine rings is 1. The van der Waals surface area contributed by atoms with Crippen LogP contribution in [0.3, 0.4) is 0 Å². The van der Waals surface area contributed by atoms with Crippen molar-refractivity contribution in [3.05, 3.63) is 29.0 Å². The summed E-state index contributed by atoms with van der Waals surface area (Å²) in [6.45, 7) is 1.57. The molecule has 1 aliphatic rings. The minimum Gasteiger partial charge on any atom is -0.484 e. The standard InChI is InChI=1S/C13H15ClFNO2/c14-11-8-10(4-5-12(11)15)18-9-13(17)16-6-2-1-3-7-16/h4-5,8H,1-3,6-7,9H2. The number of carbonyl (C=O) groups excluding carboxylic acids is 1. The van der Waals surface area contributed by atoms with Gasteiger partial charge < -0.3 is 9.64 Å². The number of hydrogen-bond donors (Lipinski definition) is 0. The van der Waals surface area contributed by atoms with E-state index in [1.54, 1.807) is 4.90 Å². The quantitative estimate of drug-likeness (QED) is 0.846. The molecule has 1 amide bonds. The van der Waals surface area contributed by atoms with Crippen LogP contribution in [0.25, 0.3) is 0 Å². The van der Waals surface area contributed by atoms with E-state index in [-0.39, 0.29) is 17.5 Å². The van der Waals surface area contributed by atoms with Crippen molar-refractivity contribution >= 4 is 17.5 Å². The van der Waals surface area contributed by atoms with Crippen LogP contribution in [0.5, 0.6) is 5.75 Å². The van der Waals surface area contributed by atoms with Gasteiger partial charge in [0.25, 0.3) is 5.91 Å². The van der Waals surface area contributed by atoms with Crippen molar-refractivity contribution in [2.75, 3.05) is 19.7 Å². The fourth-order valence-electron chi connectivity index (χ4n) is 1.95. The highest BCUT2D eigenvalue weighted by molar-refractivity contribution is 6.30. The molecule has 5 heteroatoms. The van der Waals surface area contributed by atoms with Crippen LogP contribution >= 0.6 is 11.6 Å². The molecule has 0 spiro atoms. The van der Waals surface area contributed by atoms with Crippen LogP contribution in [-0.4, -0.2) is 30.5 Å². The minimum absolute atomic E-state index is 0.00192. The molecular formula is C13H15ClFNO2. The van der Waals surface area contributed by atoms with E-state index in [2.05, 4.69) is 0 Å². The lowest BCUT2D eigenvalue weighted by Crippen LogP contribution is -2.38. The molecule has 98 valence electrons. The summed E-state index contributed by atoms with van der Waals surface area (Å²) in [5, 5.41) is -0.00192. The molecule has 0 aliphatic carbocycles. The number of ether oxygens (including phenoxy) is 1. The maximum absolute atomic E-state index is 12.9. The van der Waals surface area contributed by atoms with Gasteiger partial charge in [0.1, 0.15) is 11.6 Å². The first kappa shape index (κ1) is 13.1. The first-order valence-corrected chi connectivity index (χ1v) is 6.40. The molecule has 1 aromatic rings. The minimum atomic E-state index is -0.494. The van der Waals surface area contributed by atoms with Crippen molar-refractivity contribution in [2.45, 2.75) is 19.3 Å². The van der Waals surface area contributed by atoms with Crippen molar-refractivity contribution < 1.29 is 13.9 Å². The van der Waals surface area contributed by atoms with E-state index in [4.69, 9.17) is 16.3 Å². The molecule has 0 aromatic heterocycles. The van der Waals surface area contributed by atoms with E-state index in [9.17, 15) is 9.18 Å². The van der Waals surface area contributed by atoms with Crippen molar-refractivity contribution in [2.24, 2.45) is 0 Å². The Morgan fingerprint density at radius 3 is 2.72 bits per heavy atom. The molecule has 1 saturated heterocycles. The van der Waals surface area contributed by atoms with Crippen molar-refractivity contribution in [1.82, 2.24) is 4.90 Å². The van der Waals surface area contributed by atoms with Gasteiger partial charge in [-0.1, -0.05) is 11.6 Å². The lowest BCUT2D eigenvalue weighted by molar-refractivity contribution is -0.134. The van der Waals surface area contributed by atoms with Crippen LogP contribution in [0.15, 0.2) is 18.2 Å². The number of nitrogens with zero attached hydrogens (tertiary/aromatic N) is 1. The van der Waals surface area contributed by atoms with Gasteiger partial charge in [0.2, 0.25) is 0 Å². The number of carbonyl (C=O) groups is 1. The highest BCUT2D eigenvalue weighted by Crippen LogP contribution is 2.21. The second-order valence-electron chi connectivity index (χ2n) is 4.31. The van der Waals surface area contributed by atoms with Gasteiger partial charge in [0.15, 0.2) is 6.61 Å². The van der Waals surface area contributed by atoms with E-state index in [1.807, 2.05) is 0 Å². The summed E-state index contributed by atoms with van der Waals surface area (Å²) >= 11 is 5.63. The second-order valence-corrected chi connectivity index (χ2v) is 4.71. The normalized spacial score (nSPS) is 15.6. The number of rotatable bonds is 3. The van der Waals surface area contributed by atoms with E-state index in [1.165, 1.54) is 24.6 Å². The Hall–Kier alpha value is -1.29. The summed E-state index contributed by atoms with van der Waals surface area (Å²) in [7, 11) is 0. The van der Waals surface area contributed by atoms with Crippen LogP contribution in [0.2, 0.25) is 5.02 Å². The van der Waals surface area contributed by atoms with Gasteiger partial charge >= 0.3 is 0 Å². The Morgan fingerprint density at radius 1 is 1.33 bits per heavy atom. The summed E-state index contributed by atoms with van der Waals surface area (Å²) in [6, 6.07) is 4.06. The van der Waals surface area contributed by atoms with Crippen LogP contribution < -0.4 is 4.74 Å². The first-order chi connectivity index (χ1) is 8.66. The third-order valence-corrected chi connectivity index (χ3v) is 3.25. The number of likely N-dealkylation sites (tertiary alicyclic amines) is 1. The topological polar surface area (TPSA) is 29.5 Å². The average Bonchev–Trinajstić information content (AvgIpc) is 2.41. The Kier molecular flexibility index (Phi) is 4.42. The maximum atomic E-state index is 12.9. The summed E-state index contributed by atoms with van der Waals surface area (Å²) in [5.74, 6) is -0.117. The zero-order valence-electron chi connectivity index (χ0n) is 9.99.